The Morgan fingerprint density at radius 1 is 1.29 bits per heavy atom. The number of benzene rings is 1. The monoisotopic (exact) mass is 309 g/mol. The van der Waals surface area contributed by atoms with Gasteiger partial charge in [-0.05, 0) is 30.0 Å². The zero-order valence-electron chi connectivity index (χ0n) is 13.3. The number of aliphatic hydroxyl groups excluding tert-OH is 1. The maximum Gasteiger partial charge on any atom is 0.123 e. The molecule has 4 heteroatoms. The van der Waals surface area contributed by atoms with Gasteiger partial charge in [0.05, 0.1) is 0 Å². The molecule has 1 fully saturated rings. The third kappa shape index (κ3) is 5.20. The number of β-amino-alcohol motifs (C(OH)–C–C–N with tert-alkyl or cyclic N) is 1. The van der Waals surface area contributed by atoms with Crippen molar-refractivity contribution in [3.8, 4) is 5.75 Å². The SMILES string of the molecule is Cc1ccc(C(C)C)c(OC[C@H](O)CN2CCSCC2)c1. The zero-order chi connectivity index (χ0) is 15.2. The van der Waals surface area contributed by atoms with Gasteiger partial charge in [-0.2, -0.15) is 11.8 Å². The maximum atomic E-state index is 10.2. The normalized spacial score (nSPS) is 18.0. The molecular weight excluding hydrogens is 282 g/mol. The summed E-state index contributed by atoms with van der Waals surface area (Å²) in [4.78, 5) is 2.32. The first kappa shape index (κ1) is 16.7. The van der Waals surface area contributed by atoms with Crippen LogP contribution in [0.3, 0.4) is 0 Å². The molecule has 0 bridgehead atoms. The Balaban J connectivity index is 1.88. The largest absolute Gasteiger partial charge is 0.491 e. The molecule has 118 valence electrons. The van der Waals surface area contributed by atoms with Gasteiger partial charge in [-0.1, -0.05) is 26.0 Å². The third-order valence-corrected chi connectivity index (χ3v) is 4.74. The fraction of sp³-hybridized carbons (Fsp3) is 0.647. The molecule has 1 aromatic carbocycles. The summed E-state index contributed by atoms with van der Waals surface area (Å²) in [5.41, 5.74) is 2.40. The first-order valence-electron chi connectivity index (χ1n) is 7.77. The van der Waals surface area contributed by atoms with Crippen LogP contribution in [0.25, 0.3) is 0 Å². The summed E-state index contributed by atoms with van der Waals surface area (Å²) in [6.07, 6.45) is -0.423. The van der Waals surface area contributed by atoms with E-state index in [2.05, 4.69) is 43.9 Å². The van der Waals surface area contributed by atoms with E-state index in [0.717, 1.165) is 18.8 Å². The van der Waals surface area contributed by atoms with Crippen molar-refractivity contribution in [3.05, 3.63) is 29.3 Å². The second kappa shape index (κ2) is 8.06. The molecule has 1 atom stereocenters. The maximum absolute atomic E-state index is 10.2. The van der Waals surface area contributed by atoms with Crippen molar-refractivity contribution in [3.63, 3.8) is 0 Å². The average molecular weight is 309 g/mol. The van der Waals surface area contributed by atoms with E-state index in [1.165, 1.54) is 22.6 Å². The fourth-order valence-electron chi connectivity index (χ4n) is 2.56. The fourth-order valence-corrected chi connectivity index (χ4v) is 3.54. The highest BCUT2D eigenvalue weighted by Gasteiger charge is 2.16. The van der Waals surface area contributed by atoms with Crippen LogP contribution in [0.2, 0.25) is 0 Å². The van der Waals surface area contributed by atoms with Gasteiger partial charge in [-0.3, -0.25) is 4.90 Å². The van der Waals surface area contributed by atoms with Crippen LogP contribution in [0.5, 0.6) is 5.75 Å². The van der Waals surface area contributed by atoms with E-state index in [1.807, 2.05) is 11.8 Å². The van der Waals surface area contributed by atoms with Gasteiger partial charge in [-0.15, -0.1) is 0 Å². The zero-order valence-corrected chi connectivity index (χ0v) is 14.2. The Hall–Kier alpha value is -0.710. The van der Waals surface area contributed by atoms with E-state index in [1.54, 1.807) is 0 Å². The number of aryl methyl sites for hydroxylation is 1. The Morgan fingerprint density at radius 3 is 2.67 bits per heavy atom. The van der Waals surface area contributed by atoms with Gasteiger partial charge in [0.25, 0.3) is 0 Å². The van der Waals surface area contributed by atoms with Gasteiger partial charge in [0.2, 0.25) is 0 Å². The second-order valence-corrected chi connectivity index (χ2v) is 7.30. The van der Waals surface area contributed by atoms with E-state index in [4.69, 9.17) is 4.74 Å². The number of hydrogen-bond acceptors (Lipinski definition) is 4. The lowest BCUT2D eigenvalue weighted by molar-refractivity contribution is 0.0711. The first-order valence-corrected chi connectivity index (χ1v) is 8.93. The van der Waals surface area contributed by atoms with Crippen molar-refractivity contribution >= 4 is 11.8 Å². The molecule has 1 N–H and O–H groups in total. The topological polar surface area (TPSA) is 32.7 Å². The van der Waals surface area contributed by atoms with Crippen LogP contribution in [0.1, 0.15) is 30.9 Å². The number of thioether (sulfide) groups is 1. The summed E-state index contributed by atoms with van der Waals surface area (Å²) >= 11 is 1.99. The molecule has 0 aromatic heterocycles. The highest BCUT2D eigenvalue weighted by Crippen LogP contribution is 2.27. The summed E-state index contributed by atoms with van der Waals surface area (Å²) in [6, 6.07) is 6.31. The van der Waals surface area contributed by atoms with Gasteiger partial charge < -0.3 is 9.84 Å². The minimum atomic E-state index is -0.423. The Labute approximate surface area is 132 Å². The molecule has 3 nitrogen and oxygen atoms in total. The van der Waals surface area contributed by atoms with Crippen LogP contribution in [-0.4, -0.2) is 53.9 Å². The molecule has 2 rings (SSSR count). The Morgan fingerprint density at radius 2 is 2.00 bits per heavy atom. The van der Waals surface area contributed by atoms with Gasteiger partial charge >= 0.3 is 0 Å². The van der Waals surface area contributed by atoms with Gasteiger partial charge in [-0.25, -0.2) is 0 Å². The highest BCUT2D eigenvalue weighted by atomic mass is 32.2. The Kier molecular flexibility index (Phi) is 6.40. The molecule has 0 aliphatic carbocycles. The van der Waals surface area contributed by atoms with Crippen molar-refractivity contribution in [2.75, 3.05) is 37.7 Å². The minimum absolute atomic E-state index is 0.368. The van der Waals surface area contributed by atoms with Crippen molar-refractivity contribution in [1.29, 1.82) is 0 Å². The number of aliphatic hydroxyl groups is 1. The molecule has 1 aliphatic rings. The van der Waals surface area contributed by atoms with E-state index in [9.17, 15) is 5.11 Å². The molecule has 0 unspecified atom stereocenters. The van der Waals surface area contributed by atoms with Crippen molar-refractivity contribution in [2.24, 2.45) is 0 Å². The summed E-state index contributed by atoms with van der Waals surface area (Å²) < 4.78 is 5.90. The van der Waals surface area contributed by atoms with E-state index >= 15 is 0 Å². The number of ether oxygens (including phenoxy) is 1. The van der Waals surface area contributed by atoms with E-state index in [-0.39, 0.29) is 0 Å². The summed E-state index contributed by atoms with van der Waals surface area (Å²) in [5, 5.41) is 10.2. The molecule has 1 heterocycles. The molecular formula is C17H27NO2S. The molecule has 0 amide bonds. The average Bonchev–Trinajstić information content (AvgIpc) is 2.46. The van der Waals surface area contributed by atoms with E-state index in [0.29, 0.717) is 19.1 Å². The molecule has 0 spiro atoms. The molecule has 1 saturated heterocycles. The smallest absolute Gasteiger partial charge is 0.123 e. The molecule has 0 radical (unpaired) electrons. The van der Waals surface area contributed by atoms with Crippen LogP contribution in [0, 0.1) is 6.92 Å². The van der Waals surface area contributed by atoms with Crippen LogP contribution in [0.4, 0.5) is 0 Å². The summed E-state index contributed by atoms with van der Waals surface area (Å²) in [5.74, 6) is 3.68. The highest BCUT2D eigenvalue weighted by molar-refractivity contribution is 7.99. The summed E-state index contributed by atoms with van der Waals surface area (Å²) in [6.45, 7) is 9.63. The number of rotatable bonds is 6. The van der Waals surface area contributed by atoms with Gasteiger partial charge in [0, 0.05) is 31.1 Å². The predicted octanol–water partition coefficient (Wildman–Crippen LogP) is 2.91. The van der Waals surface area contributed by atoms with Crippen molar-refractivity contribution in [2.45, 2.75) is 32.8 Å². The molecule has 1 aliphatic heterocycles. The third-order valence-electron chi connectivity index (χ3n) is 3.79. The number of hydrogen-bond donors (Lipinski definition) is 1. The molecule has 21 heavy (non-hydrogen) atoms. The van der Waals surface area contributed by atoms with Gasteiger partial charge in [0.15, 0.2) is 0 Å². The Bertz CT molecular complexity index is 444. The first-order chi connectivity index (χ1) is 10.1. The van der Waals surface area contributed by atoms with Crippen molar-refractivity contribution < 1.29 is 9.84 Å². The van der Waals surface area contributed by atoms with Crippen molar-refractivity contribution in [1.82, 2.24) is 4.90 Å². The minimum Gasteiger partial charge on any atom is -0.491 e. The molecule has 0 saturated carbocycles. The standard InChI is InChI=1S/C17H27NO2S/c1-13(2)16-5-4-14(3)10-17(16)20-12-15(19)11-18-6-8-21-9-7-18/h4-5,10,13,15,19H,6-9,11-12H2,1-3H3/t15-/m1/s1. The van der Waals surface area contributed by atoms with Gasteiger partial charge in [0.1, 0.15) is 18.5 Å². The molecule has 1 aromatic rings. The summed E-state index contributed by atoms with van der Waals surface area (Å²) in [7, 11) is 0. The van der Waals surface area contributed by atoms with Crippen LogP contribution < -0.4 is 4.74 Å². The lowest BCUT2D eigenvalue weighted by Gasteiger charge is -2.28. The van der Waals surface area contributed by atoms with Crippen LogP contribution in [0.15, 0.2) is 18.2 Å². The predicted molar refractivity (Wildman–Crippen MR) is 90.5 cm³/mol. The van der Waals surface area contributed by atoms with Crippen LogP contribution in [-0.2, 0) is 0 Å². The lowest BCUT2D eigenvalue weighted by atomic mass is 10.0. The second-order valence-electron chi connectivity index (χ2n) is 6.07. The van der Waals surface area contributed by atoms with E-state index < -0.39 is 6.10 Å². The lowest BCUT2D eigenvalue weighted by Crippen LogP contribution is -2.40. The number of nitrogens with zero attached hydrogens (tertiary/aromatic N) is 1. The quantitative estimate of drug-likeness (QED) is 0.876. The van der Waals surface area contributed by atoms with Crippen LogP contribution >= 0.6 is 11.8 Å².